The normalized spacial score (nSPS) is 11.1. The van der Waals surface area contributed by atoms with Gasteiger partial charge in [-0.1, -0.05) is 18.2 Å². The van der Waals surface area contributed by atoms with Crippen molar-refractivity contribution in [2.24, 2.45) is 5.10 Å². The van der Waals surface area contributed by atoms with Crippen LogP contribution in [0.4, 0.5) is 5.69 Å². The number of benzene rings is 1. The molecule has 98 valence electrons. The first-order valence-electron chi connectivity index (χ1n) is 5.86. The van der Waals surface area contributed by atoms with Crippen LogP contribution in [0.2, 0.25) is 0 Å². The lowest BCUT2D eigenvalue weighted by Crippen LogP contribution is -2.20. The highest BCUT2D eigenvalue weighted by molar-refractivity contribution is 6.42. The van der Waals surface area contributed by atoms with Crippen LogP contribution in [0.1, 0.15) is 12.6 Å². The molecule has 0 unspecified atom stereocenters. The number of aromatic nitrogens is 2. The molecule has 6 nitrogen and oxygen atoms in total. The highest BCUT2D eigenvalue weighted by Crippen LogP contribution is 2.06. The molecular weight excluding hydrogens is 244 g/mol. The third-order valence-electron chi connectivity index (χ3n) is 2.29. The maximum atomic E-state index is 11.8. The summed E-state index contributed by atoms with van der Waals surface area (Å²) < 4.78 is 4.96. The first kappa shape index (κ1) is 12.8. The minimum Gasteiger partial charge on any atom is -0.461 e. The average molecular weight is 258 g/mol. The molecule has 0 fully saturated rings. The van der Waals surface area contributed by atoms with Crippen molar-refractivity contribution >= 4 is 17.4 Å². The summed E-state index contributed by atoms with van der Waals surface area (Å²) in [5.41, 5.74) is 4.25. The second-order valence-corrected chi connectivity index (χ2v) is 3.62. The van der Waals surface area contributed by atoms with Crippen LogP contribution in [-0.2, 0) is 9.53 Å². The Hall–Kier alpha value is -2.63. The van der Waals surface area contributed by atoms with E-state index in [9.17, 15) is 4.79 Å². The topological polar surface area (TPSA) is 79.4 Å². The lowest BCUT2D eigenvalue weighted by atomic mass is 10.3. The fraction of sp³-hybridized carbons (Fsp3) is 0.154. The molecule has 6 heteroatoms. The van der Waals surface area contributed by atoms with Gasteiger partial charge in [0.1, 0.15) is 0 Å². The number of nitrogens with zero attached hydrogens (tertiary/aromatic N) is 2. The number of imidazole rings is 1. The second kappa shape index (κ2) is 6.34. The molecule has 0 aliphatic rings. The Labute approximate surface area is 110 Å². The summed E-state index contributed by atoms with van der Waals surface area (Å²) in [7, 11) is 0. The quantitative estimate of drug-likeness (QED) is 0.487. The van der Waals surface area contributed by atoms with Crippen LogP contribution >= 0.6 is 0 Å². The largest absolute Gasteiger partial charge is 0.461 e. The van der Waals surface area contributed by atoms with Crippen molar-refractivity contribution in [3.05, 3.63) is 48.5 Å². The molecule has 0 amide bonds. The summed E-state index contributed by atoms with van der Waals surface area (Å²) in [6.07, 6.45) is 3.00. The van der Waals surface area contributed by atoms with Crippen molar-refractivity contribution in [2.45, 2.75) is 6.92 Å². The monoisotopic (exact) mass is 258 g/mol. The standard InChI is InChI=1S/C13H14N4O2/c1-2-19-13(18)12(11-8-14-9-15-11)17-16-10-6-4-3-5-7-10/h3-9,16H,2H2,1H3,(H,14,15). The van der Waals surface area contributed by atoms with Crippen molar-refractivity contribution in [3.63, 3.8) is 0 Å². The van der Waals surface area contributed by atoms with Gasteiger partial charge in [-0.15, -0.1) is 0 Å². The van der Waals surface area contributed by atoms with Crippen LogP contribution in [0.25, 0.3) is 0 Å². The van der Waals surface area contributed by atoms with E-state index in [1.165, 1.54) is 12.5 Å². The van der Waals surface area contributed by atoms with Crippen LogP contribution in [0.5, 0.6) is 0 Å². The Balaban J connectivity index is 2.20. The Morgan fingerprint density at radius 3 is 2.84 bits per heavy atom. The first-order valence-corrected chi connectivity index (χ1v) is 5.86. The molecular formula is C13H14N4O2. The highest BCUT2D eigenvalue weighted by Gasteiger charge is 2.16. The molecule has 1 aromatic carbocycles. The van der Waals surface area contributed by atoms with Gasteiger partial charge in [-0.25, -0.2) is 9.78 Å². The summed E-state index contributed by atoms with van der Waals surface area (Å²) in [6, 6.07) is 9.34. The zero-order chi connectivity index (χ0) is 13.5. The number of aromatic amines is 1. The number of hydrogen-bond acceptors (Lipinski definition) is 5. The van der Waals surface area contributed by atoms with Gasteiger partial charge in [0.05, 0.1) is 30.5 Å². The molecule has 1 aromatic heterocycles. The van der Waals surface area contributed by atoms with E-state index in [0.717, 1.165) is 5.69 Å². The minimum atomic E-state index is -0.504. The van der Waals surface area contributed by atoms with E-state index >= 15 is 0 Å². The molecule has 19 heavy (non-hydrogen) atoms. The van der Waals surface area contributed by atoms with Crippen LogP contribution in [0, 0.1) is 0 Å². The smallest absolute Gasteiger partial charge is 0.361 e. The molecule has 2 N–H and O–H groups in total. The van der Waals surface area contributed by atoms with E-state index in [-0.39, 0.29) is 12.3 Å². The van der Waals surface area contributed by atoms with Crippen LogP contribution in [0.3, 0.4) is 0 Å². The summed E-state index contributed by atoms with van der Waals surface area (Å²) in [5.74, 6) is -0.504. The van der Waals surface area contributed by atoms with E-state index in [2.05, 4.69) is 20.5 Å². The summed E-state index contributed by atoms with van der Waals surface area (Å²) in [4.78, 5) is 18.5. The van der Waals surface area contributed by atoms with Crippen LogP contribution in [-0.4, -0.2) is 28.3 Å². The number of carbonyl (C=O) groups excluding carboxylic acids is 1. The minimum absolute atomic E-state index is 0.156. The molecule has 2 rings (SSSR count). The molecule has 0 aliphatic heterocycles. The Morgan fingerprint density at radius 1 is 1.42 bits per heavy atom. The lowest BCUT2D eigenvalue weighted by molar-refractivity contribution is -0.134. The van der Waals surface area contributed by atoms with Crippen molar-refractivity contribution in [3.8, 4) is 0 Å². The molecule has 0 saturated carbocycles. The third-order valence-corrected chi connectivity index (χ3v) is 2.29. The van der Waals surface area contributed by atoms with Crippen molar-refractivity contribution < 1.29 is 9.53 Å². The van der Waals surface area contributed by atoms with Crippen LogP contribution < -0.4 is 5.43 Å². The van der Waals surface area contributed by atoms with E-state index in [0.29, 0.717) is 5.69 Å². The fourth-order valence-corrected chi connectivity index (χ4v) is 1.43. The number of anilines is 1. The van der Waals surface area contributed by atoms with Crippen molar-refractivity contribution in [2.75, 3.05) is 12.0 Å². The van der Waals surface area contributed by atoms with Gasteiger partial charge in [0, 0.05) is 0 Å². The average Bonchev–Trinajstić information content (AvgIpc) is 2.94. The zero-order valence-electron chi connectivity index (χ0n) is 10.5. The van der Waals surface area contributed by atoms with Gasteiger partial charge in [0.25, 0.3) is 0 Å². The van der Waals surface area contributed by atoms with Gasteiger partial charge in [0.15, 0.2) is 5.71 Å². The van der Waals surface area contributed by atoms with Crippen molar-refractivity contribution in [1.82, 2.24) is 9.97 Å². The number of para-hydroxylation sites is 1. The summed E-state index contributed by atoms with van der Waals surface area (Å²) in [5, 5.41) is 4.08. The number of esters is 1. The predicted molar refractivity (Wildman–Crippen MR) is 71.8 cm³/mol. The number of hydrogen-bond donors (Lipinski definition) is 2. The number of carbonyl (C=O) groups is 1. The summed E-state index contributed by atoms with van der Waals surface area (Å²) >= 11 is 0. The predicted octanol–water partition coefficient (Wildman–Crippen LogP) is 1.79. The first-order chi connectivity index (χ1) is 9.31. The summed E-state index contributed by atoms with van der Waals surface area (Å²) in [6.45, 7) is 2.03. The lowest BCUT2D eigenvalue weighted by Gasteiger charge is -2.05. The number of rotatable bonds is 5. The zero-order valence-corrected chi connectivity index (χ0v) is 10.5. The van der Waals surface area contributed by atoms with Crippen LogP contribution in [0.15, 0.2) is 48.0 Å². The maximum Gasteiger partial charge on any atom is 0.361 e. The van der Waals surface area contributed by atoms with Gasteiger partial charge in [-0.05, 0) is 19.1 Å². The molecule has 0 atom stereocenters. The Morgan fingerprint density at radius 2 is 2.21 bits per heavy atom. The van der Waals surface area contributed by atoms with Gasteiger partial charge < -0.3 is 9.72 Å². The number of hydrazone groups is 1. The fourth-order valence-electron chi connectivity index (χ4n) is 1.43. The molecule has 0 radical (unpaired) electrons. The van der Waals surface area contributed by atoms with Gasteiger partial charge in [0.2, 0.25) is 0 Å². The SMILES string of the molecule is CCOC(=O)C(=NNc1ccccc1)c1cnc[nH]1. The number of ether oxygens (including phenoxy) is 1. The molecule has 0 aliphatic carbocycles. The van der Waals surface area contributed by atoms with Crippen molar-refractivity contribution in [1.29, 1.82) is 0 Å². The molecule has 0 saturated heterocycles. The van der Waals surface area contributed by atoms with Gasteiger partial charge in [-0.2, -0.15) is 5.10 Å². The van der Waals surface area contributed by atoms with E-state index < -0.39 is 5.97 Å². The van der Waals surface area contributed by atoms with Gasteiger partial charge >= 0.3 is 5.97 Å². The Bertz CT molecular complexity index is 549. The number of H-pyrrole nitrogens is 1. The molecule has 2 aromatic rings. The highest BCUT2D eigenvalue weighted by atomic mass is 16.5. The second-order valence-electron chi connectivity index (χ2n) is 3.62. The van der Waals surface area contributed by atoms with Gasteiger partial charge in [-0.3, -0.25) is 5.43 Å². The molecule has 0 bridgehead atoms. The molecule has 1 heterocycles. The van der Waals surface area contributed by atoms with E-state index in [1.807, 2.05) is 30.3 Å². The maximum absolute atomic E-state index is 11.8. The van der Waals surface area contributed by atoms with E-state index in [4.69, 9.17) is 4.74 Å². The Kier molecular flexibility index (Phi) is 4.28. The molecule has 0 spiro atoms. The van der Waals surface area contributed by atoms with E-state index in [1.54, 1.807) is 6.92 Å². The number of nitrogens with one attached hydrogen (secondary N) is 2. The third kappa shape index (κ3) is 3.41.